The number of benzene rings is 2. The Balaban J connectivity index is 0.748. The van der Waals surface area contributed by atoms with Gasteiger partial charge in [0.15, 0.2) is 5.82 Å². The number of nitriles is 1. The van der Waals surface area contributed by atoms with Crippen molar-refractivity contribution in [1.29, 1.82) is 5.26 Å². The summed E-state index contributed by atoms with van der Waals surface area (Å²) in [6, 6.07) is 12.2. The van der Waals surface area contributed by atoms with Gasteiger partial charge in [0.05, 0.1) is 40.6 Å². The molecule has 18 heteroatoms. The highest BCUT2D eigenvalue weighted by Crippen LogP contribution is 2.55. The van der Waals surface area contributed by atoms with Crippen molar-refractivity contribution in [3.63, 3.8) is 0 Å². The quantitative estimate of drug-likeness (QED) is 0.158. The van der Waals surface area contributed by atoms with Crippen LogP contribution in [-0.4, -0.2) is 127 Å². The minimum Gasteiger partial charge on any atom is -0.489 e. The van der Waals surface area contributed by atoms with Crippen LogP contribution in [0, 0.1) is 28.0 Å². The number of hydrogen-bond acceptors (Lipinski definition) is 12. The SMILES string of the molecule is CC(=O)N1CCc2c(c(Nc3ccc(-c4cnn(C)c4)cc3F)nn2C2CN(CCN3CCN(c4ncc(C(=O)NC5C(C)(C)C(Oc6ccc(C#N)c(Cl)c6)C5(C)C)cn4)CC3)C2)C1. The van der Waals surface area contributed by atoms with Crippen molar-refractivity contribution in [2.45, 2.75) is 65.8 Å². The maximum absolute atomic E-state index is 15.5. The number of aryl methyl sites for hydroxylation is 1. The number of piperazine rings is 1. The van der Waals surface area contributed by atoms with Gasteiger partial charge in [-0.3, -0.25) is 28.8 Å². The average molecular weight is 904 g/mol. The molecule has 2 amide bonds. The van der Waals surface area contributed by atoms with Crippen LogP contribution in [0.4, 0.5) is 21.8 Å². The summed E-state index contributed by atoms with van der Waals surface area (Å²) in [6.45, 7) is 17.8. The molecule has 9 rings (SSSR count). The van der Waals surface area contributed by atoms with Crippen LogP contribution in [0.2, 0.25) is 5.02 Å². The van der Waals surface area contributed by atoms with Gasteiger partial charge in [-0.15, -0.1) is 0 Å². The Morgan fingerprint density at radius 1 is 0.954 bits per heavy atom. The molecule has 2 aromatic carbocycles. The first-order valence-electron chi connectivity index (χ1n) is 22.2. The molecule has 0 radical (unpaired) electrons. The monoisotopic (exact) mass is 903 g/mol. The molecule has 2 N–H and O–H groups in total. The van der Waals surface area contributed by atoms with Crippen LogP contribution >= 0.6 is 11.6 Å². The Bertz CT molecular complexity index is 2630. The molecular weight excluding hydrogens is 849 g/mol. The number of carbonyl (C=O) groups excluding carboxylic acids is 2. The normalized spacial score (nSPS) is 20.6. The number of amides is 2. The largest absolute Gasteiger partial charge is 0.489 e. The van der Waals surface area contributed by atoms with Crippen molar-refractivity contribution in [2.75, 3.05) is 69.1 Å². The molecule has 3 aliphatic heterocycles. The summed E-state index contributed by atoms with van der Waals surface area (Å²) >= 11 is 6.26. The Labute approximate surface area is 383 Å². The molecule has 4 aliphatic rings. The summed E-state index contributed by atoms with van der Waals surface area (Å²) < 4.78 is 25.6. The maximum atomic E-state index is 15.5. The lowest BCUT2D eigenvalue weighted by atomic mass is 9.49. The minimum absolute atomic E-state index is 0.0103. The molecule has 1 saturated carbocycles. The lowest BCUT2D eigenvalue weighted by Gasteiger charge is -2.63. The number of nitrogens with one attached hydrogen (secondary N) is 2. The average Bonchev–Trinajstić information content (AvgIpc) is 3.87. The van der Waals surface area contributed by atoms with Gasteiger partial charge in [0.2, 0.25) is 11.9 Å². The highest BCUT2D eigenvalue weighted by atomic mass is 35.5. The van der Waals surface area contributed by atoms with Crippen LogP contribution in [-0.2, 0) is 24.8 Å². The molecule has 0 unspecified atom stereocenters. The van der Waals surface area contributed by atoms with Crippen LogP contribution in [0.3, 0.4) is 0 Å². The van der Waals surface area contributed by atoms with Crippen LogP contribution in [0.1, 0.15) is 67.8 Å². The number of halogens is 2. The van der Waals surface area contributed by atoms with E-state index >= 15 is 4.39 Å². The number of likely N-dealkylation sites (tertiary alicyclic amines) is 1. The van der Waals surface area contributed by atoms with Gasteiger partial charge in [0.25, 0.3) is 5.91 Å². The first-order chi connectivity index (χ1) is 31.1. The Kier molecular flexibility index (Phi) is 11.8. The van der Waals surface area contributed by atoms with Crippen molar-refractivity contribution >= 4 is 40.9 Å². The van der Waals surface area contributed by atoms with Crippen molar-refractivity contribution in [3.8, 4) is 22.9 Å². The molecule has 3 aromatic heterocycles. The molecule has 2 saturated heterocycles. The Morgan fingerprint density at radius 3 is 2.32 bits per heavy atom. The van der Waals surface area contributed by atoms with Gasteiger partial charge in [0.1, 0.15) is 23.7 Å². The smallest absolute Gasteiger partial charge is 0.254 e. The molecule has 65 heavy (non-hydrogen) atoms. The van der Waals surface area contributed by atoms with Crippen molar-refractivity contribution in [3.05, 3.63) is 94.4 Å². The maximum Gasteiger partial charge on any atom is 0.254 e. The zero-order valence-corrected chi connectivity index (χ0v) is 38.4. The van der Waals surface area contributed by atoms with E-state index in [-0.39, 0.29) is 35.8 Å². The van der Waals surface area contributed by atoms with Crippen LogP contribution in [0.15, 0.2) is 61.2 Å². The van der Waals surface area contributed by atoms with E-state index in [1.807, 2.05) is 24.2 Å². The second-order valence-corrected chi connectivity index (χ2v) is 19.4. The number of ether oxygens (including phenoxy) is 1. The Morgan fingerprint density at radius 2 is 1.68 bits per heavy atom. The summed E-state index contributed by atoms with van der Waals surface area (Å²) in [5.74, 6) is 1.17. The van der Waals surface area contributed by atoms with Gasteiger partial charge in [-0.25, -0.2) is 14.4 Å². The molecule has 0 atom stereocenters. The zero-order valence-electron chi connectivity index (χ0n) is 37.7. The van der Waals surface area contributed by atoms with E-state index in [2.05, 4.69) is 78.8 Å². The lowest BCUT2D eigenvalue weighted by Crippen LogP contribution is -2.74. The molecule has 3 fully saturated rings. The molecular formula is C47H55ClFN13O3. The van der Waals surface area contributed by atoms with Gasteiger partial charge in [-0.05, 0) is 29.8 Å². The lowest BCUT2D eigenvalue weighted by molar-refractivity contribution is -0.164. The first kappa shape index (κ1) is 44.1. The summed E-state index contributed by atoms with van der Waals surface area (Å²) in [5.41, 5.74) is 3.97. The molecule has 340 valence electrons. The van der Waals surface area contributed by atoms with E-state index in [0.29, 0.717) is 58.9 Å². The summed E-state index contributed by atoms with van der Waals surface area (Å²) in [5, 5.41) is 25.3. The predicted molar refractivity (Wildman–Crippen MR) is 244 cm³/mol. The molecule has 16 nitrogen and oxygen atoms in total. The standard InChI is InChI=1S/C47H55ClFN13O3/c1-29(63)61-12-11-40-36(28-61)41(54-39-10-8-30(19-38(39)49)33-24-53-57(6)25-33)56-62(40)34-26-59(27-34)14-13-58-15-17-60(18-16-58)45-51-22-32(23-52-45)42(64)55-43-46(2,3)44(47(43,4)5)65-35-9-7-31(21-50)37(48)20-35/h7-10,19-20,22-25,34,43-44H,11-18,26-28H2,1-6H3,(H,54,56)(H,55,64). The minimum atomic E-state index is -0.390. The second kappa shape index (κ2) is 17.4. The summed E-state index contributed by atoms with van der Waals surface area (Å²) in [6.07, 6.45) is 7.25. The zero-order chi connectivity index (χ0) is 45.8. The third-order valence-corrected chi connectivity index (χ3v) is 14.1. The molecule has 0 spiro atoms. The van der Waals surface area contributed by atoms with Crippen molar-refractivity contribution < 1.29 is 18.7 Å². The van der Waals surface area contributed by atoms with E-state index < -0.39 is 10.8 Å². The van der Waals surface area contributed by atoms with Gasteiger partial charge in [0, 0.05) is 138 Å². The number of rotatable bonds is 12. The van der Waals surface area contributed by atoms with Gasteiger partial charge >= 0.3 is 0 Å². The fraction of sp³-hybridized carbons (Fsp3) is 0.468. The first-order valence-corrected chi connectivity index (χ1v) is 22.6. The van der Waals surface area contributed by atoms with Crippen molar-refractivity contribution in [2.24, 2.45) is 17.9 Å². The third-order valence-electron chi connectivity index (χ3n) is 13.8. The number of anilines is 3. The fourth-order valence-electron chi connectivity index (χ4n) is 10.4. The Hall–Kier alpha value is -6.09. The van der Waals surface area contributed by atoms with Crippen LogP contribution in [0.5, 0.6) is 5.75 Å². The van der Waals surface area contributed by atoms with Crippen LogP contribution < -0.4 is 20.3 Å². The summed E-state index contributed by atoms with van der Waals surface area (Å²) in [4.78, 5) is 43.9. The highest BCUT2D eigenvalue weighted by Gasteiger charge is 2.64. The molecule has 5 aromatic rings. The topological polar surface area (TPSA) is 166 Å². The predicted octanol–water partition coefficient (Wildman–Crippen LogP) is 5.68. The van der Waals surface area contributed by atoms with Crippen LogP contribution in [0.25, 0.3) is 11.1 Å². The van der Waals surface area contributed by atoms with E-state index in [0.717, 1.165) is 74.7 Å². The van der Waals surface area contributed by atoms with Gasteiger partial charge < -0.3 is 25.2 Å². The number of aromatic nitrogens is 6. The number of nitrogens with zero attached hydrogens (tertiary/aromatic N) is 11. The number of carbonyl (C=O) groups is 2. The summed E-state index contributed by atoms with van der Waals surface area (Å²) in [7, 11) is 1.83. The molecule has 6 heterocycles. The third kappa shape index (κ3) is 8.62. The number of hydrogen-bond donors (Lipinski definition) is 2. The number of fused-ring (bicyclic) bond motifs is 1. The van der Waals surface area contributed by atoms with E-state index in [9.17, 15) is 14.9 Å². The second-order valence-electron chi connectivity index (χ2n) is 18.9. The van der Waals surface area contributed by atoms with Crippen molar-refractivity contribution in [1.82, 2.24) is 49.5 Å². The molecule has 0 bridgehead atoms. The van der Waals surface area contributed by atoms with E-state index in [1.54, 1.807) is 54.5 Å². The van der Waals surface area contributed by atoms with E-state index in [4.69, 9.17) is 21.4 Å². The van der Waals surface area contributed by atoms with E-state index in [1.165, 1.54) is 6.07 Å². The highest BCUT2D eigenvalue weighted by molar-refractivity contribution is 6.31. The van der Waals surface area contributed by atoms with Gasteiger partial charge in [-0.2, -0.15) is 15.5 Å². The van der Waals surface area contributed by atoms with Gasteiger partial charge in [-0.1, -0.05) is 45.4 Å². The fourth-order valence-corrected chi connectivity index (χ4v) is 10.6. The molecule has 1 aliphatic carbocycles.